The highest BCUT2D eigenvalue weighted by molar-refractivity contribution is 5.80. The molecule has 0 radical (unpaired) electrons. The molecule has 2 N–H and O–H groups in total. The molecule has 6 heteroatoms. The summed E-state index contributed by atoms with van der Waals surface area (Å²) in [5.41, 5.74) is 0. The van der Waals surface area contributed by atoms with Gasteiger partial charge in [0.25, 0.3) is 0 Å². The first-order valence-electron chi connectivity index (χ1n) is 8.57. The van der Waals surface area contributed by atoms with Crippen molar-refractivity contribution in [1.29, 1.82) is 0 Å². The predicted molar refractivity (Wildman–Crippen MR) is 82.4 cm³/mol. The summed E-state index contributed by atoms with van der Waals surface area (Å²) in [6.07, 6.45) is 6.93. The van der Waals surface area contributed by atoms with E-state index in [0.29, 0.717) is 19.0 Å². The number of urea groups is 1. The minimum absolute atomic E-state index is 0.00132. The second-order valence-electron chi connectivity index (χ2n) is 6.85. The number of rotatable bonds is 3. The third-order valence-electron chi connectivity index (χ3n) is 5.29. The first-order valence-corrected chi connectivity index (χ1v) is 8.57. The molecule has 3 aliphatic rings. The van der Waals surface area contributed by atoms with E-state index in [9.17, 15) is 9.59 Å². The van der Waals surface area contributed by atoms with Crippen LogP contribution in [0.3, 0.4) is 0 Å². The third kappa shape index (κ3) is 3.37. The van der Waals surface area contributed by atoms with Gasteiger partial charge in [-0.05, 0) is 25.2 Å². The topological polar surface area (TPSA) is 70.7 Å². The zero-order chi connectivity index (χ0) is 15.5. The van der Waals surface area contributed by atoms with Gasteiger partial charge in [0.1, 0.15) is 0 Å². The number of amides is 3. The largest absolute Gasteiger partial charge is 0.370 e. The Balaban J connectivity index is 1.49. The maximum Gasteiger partial charge on any atom is 0.317 e. The molecule has 3 fully saturated rings. The van der Waals surface area contributed by atoms with Crippen LogP contribution in [-0.4, -0.2) is 55.7 Å². The number of nitrogens with zero attached hydrogens (tertiary/aromatic N) is 1. The molecule has 2 heterocycles. The molecule has 0 unspecified atom stereocenters. The van der Waals surface area contributed by atoms with Crippen LogP contribution in [0.4, 0.5) is 4.79 Å². The Bertz CT molecular complexity index is 423. The molecule has 1 aliphatic carbocycles. The molecule has 0 aromatic rings. The van der Waals surface area contributed by atoms with E-state index < -0.39 is 0 Å². The number of morpholine rings is 1. The predicted octanol–water partition coefficient (Wildman–Crippen LogP) is 1.11. The number of fused-ring (bicyclic) bond motifs is 2. The lowest BCUT2D eigenvalue weighted by Crippen LogP contribution is -2.51. The Morgan fingerprint density at radius 1 is 1.18 bits per heavy atom. The van der Waals surface area contributed by atoms with E-state index in [1.54, 1.807) is 7.05 Å². The van der Waals surface area contributed by atoms with Gasteiger partial charge in [0.2, 0.25) is 5.91 Å². The van der Waals surface area contributed by atoms with Crippen molar-refractivity contribution >= 4 is 11.9 Å². The molecule has 0 aromatic carbocycles. The van der Waals surface area contributed by atoms with Gasteiger partial charge in [0.15, 0.2) is 0 Å². The van der Waals surface area contributed by atoms with Crippen molar-refractivity contribution in [3.63, 3.8) is 0 Å². The highest BCUT2D eigenvalue weighted by atomic mass is 16.5. The van der Waals surface area contributed by atoms with Crippen LogP contribution < -0.4 is 10.6 Å². The molecule has 0 aromatic heterocycles. The quantitative estimate of drug-likeness (QED) is 0.820. The number of ether oxygens (including phenoxy) is 1. The Morgan fingerprint density at radius 2 is 1.95 bits per heavy atom. The number of nitrogens with one attached hydrogen (secondary N) is 2. The number of carbonyl (C=O) groups excluding carboxylic acids is 2. The lowest BCUT2D eigenvalue weighted by atomic mass is 9.89. The summed E-state index contributed by atoms with van der Waals surface area (Å²) in [7, 11) is 1.65. The first-order chi connectivity index (χ1) is 10.7. The Hall–Kier alpha value is -1.30. The average Bonchev–Trinajstić information content (AvgIpc) is 2.86. The molecule has 2 saturated heterocycles. The zero-order valence-electron chi connectivity index (χ0n) is 13.3. The van der Waals surface area contributed by atoms with E-state index in [0.717, 1.165) is 13.0 Å². The van der Waals surface area contributed by atoms with Crippen LogP contribution in [0.5, 0.6) is 0 Å². The van der Waals surface area contributed by atoms with Crippen LogP contribution in [0.1, 0.15) is 38.5 Å². The minimum Gasteiger partial charge on any atom is -0.370 e. The van der Waals surface area contributed by atoms with Crippen LogP contribution in [0.2, 0.25) is 0 Å². The lowest BCUT2D eigenvalue weighted by Gasteiger charge is -2.33. The first kappa shape index (κ1) is 15.6. The lowest BCUT2D eigenvalue weighted by molar-refractivity contribution is -0.127. The molecule has 3 amide bonds. The number of likely N-dealkylation sites (tertiary alicyclic amines) is 1. The monoisotopic (exact) mass is 309 g/mol. The van der Waals surface area contributed by atoms with Gasteiger partial charge in [-0.15, -0.1) is 0 Å². The summed E-state index contributed by atoms with van der Waals surface area (Å²) in [5.74, 6) is 0.539. The second-order valence-corrected chi connectivity index (χ2v) is 6.85. The molecular formula is C16H27N3O3. The summed E-state index contributed by atoms with van der Waals surface area (Å²) < 4.78 is 5.83. The van der Waals surface area contributed by atoms with E-state index >= 15 is 0 Å². The third-order valence-corrected chi connectivity index (χ3v) is 5.29. The van der Waals surface area contributed by atoms with Crippen LogP contribution in [-0.2, 0) is 9.53 Å². The fourth-order valence-corrected chi connectivity index (χ4v) is 4.02. The minimum atomic E-state index is -0.154. The molecule has 3 atom stereocenters. The molecule has 1 saturated carbocycles. The van der Waals surface area contributed by atoms with Crippen molar-refractivity contribution in [2.45, 2.75) is 50.7 Å². The van der Waals surface area contributed by atoms with Crippen molar-refractivity contribution in [2.24, 2.45) is 11.8 Å². The fourth-order valence-electron chi connectivity index (χ4n) is 4.02. The van der Waals surface area contributed by atoms with Gasteiger partial charge in [-0.2, -0.15) is 0 Å². The Labute approximate surface area is 131 Å². The smallest absolute Gasteiger partial charge is 0.317 e. The summed E-state index contributed by atoms with van der Waals surface area (Å²) in [5, 5.41) is 5.77. The summed E-state index contributed by atoms with van der Waals surface area (Å²) in [4.78, 5) is 26.0. The molecule has 3 rings (SSSR count). The molecule has 0 spiro atoms. The normalized spacial score (nSPS) is 31.9. The van der Waals surface area contributed by atoms with Crippen LogP contribution in [0.15, 0.2) is 0 Å². The van der Waals surface area contributed by atoms with E-state index in [1.807, 2.05) is 4.90 Å². The fraction of sp³-hybridized carbons (Fsp3) is 0.875. The van der Waals surface area contributed by atoms with E-state index in [1.165, 1.54) is 32.1 Å². The van der Waals surface area contributed by atoms with E-state index in [4.69, 9.17) is 4.74 Å². The highest BCUT2D eigenvalue weighted by Gasteiger charge is 2.45. The average molecular weight is 309 g/mol. The van der Waals surface area contributed by atoms with Gasteiger partial charge < -0.3 is 20.3 Å². The van der Waals surface area contributed by atoms with Crippen molar-refractivity contribution in [1.82, 2.24) is 15.5 Å². The van der Waals surface area contributed by atoms with Gasteiger partial charge in [-0.3, -0.25) is 4.79 Å². The molecule has 2 bridgehead atoms. The second kappa shape index (κ2) is 6.86. The molecule has 2 aliphatic heterocycles. The number of carbonyl (C=O) groups is 2. The number of hydrogen-bond acceptors (Lipinski definition) is 3. The van der Waals surface area contributed by atoms with Gasteiger partial charge >= 0.3 is 6.03 Å². The van der Waals surface area contributed by atoms with E-state index in [-0.39, 0.29) is 30.1 Å². The summed E-state index contributed by atoms with van der Waals surface area (Å²) in [6, 6.07) is 0.00132. The zero-order valence-corrected chi connectivity index (χ0v) is 13.3. The van der Waals surface area contributed by atoms with Crippen molar-refractivity contribution in [3.8, 4) is 0 Å². The SMILES string of the molecule is CNC(=O)[C@H]1C[C@@H]2CN(C(=O)NCC3CCCCC3)C[C@H]1O2. The Morgan fingerprint density at radius 3 is 2.68 bits per heavy atom. The molecular weight excluding hydrogens is 282 g/mol. The van der Waals surface area contributed by atoms with Crippen LogP contribution in [0.25, 0.3) is 0 Å². The maximum atomic E-state index is 12.4. The molecule has 124 valence electrons. The van der Waals surface area contributed by atoms with Crippen molar-refractivity contribution in [2.75, 3.05) is 26.7 Å². The molecule has 22 heavy (non-hydrogen) atoms. The van der Waals surface area contributed by atoms with Gasteiger partial charge in [-0.25, -0.2) is 4.79 Å². The molecule has 6 nitrogen and oxygen atoms in total. The van der Waals surface area contributed by atoms with Crippen LogP contribution in [0, 0.1) is 11.8 Å². The van der Waals surface area contributed by atoms with Crippen molar-refractivity contribution < 1.29 is 14.3 Å². The van der Waals surface area contributed by atoms with Gasteiger partial charge in [0.05, 0.1) is 18.1 Å². The maximum absolute atomic E-state index is 12.4. The van der Waals surface area contributed by atoms with Crippen LogP contribution >= 0.6 is 0 Å². The summed E-state index contributed by atoms with van der Waals surface area (Å²) in [6.45, 7) is 1.90. The Kier molecular flexibility index (Phi) is 4.86. The van der Waals surface area contributed by atoms with Gasteiger partial charge in [0, 0.05) is 26.7 Å². The highest BCUT2D eigenvalue weighted by Crippen LogP contribution is 2.32. The van der Waals surface area contributed by atoms with E-state index in [2.05, 4.69) is 10.6 Å². The standard InChI is InChI=1S/C16H27N3O3/c1-17-15(20)13-7-12-9-19(10-14(13)22-12)16(21)18-8-11-5-3-2-4-6-11/h11-14H,2-10H2,1H3,(H,17,20)(H,18,21)/t12-,13+,14-/m1/s1. The number of hydrogen-bond donors (Lipinski definition) is 2. The summed E-state index contributed by atoms with van der Waals surface area (Å²) >= 11 is 0. The van der Waals surface area contributed by atoms with Gasteiger partial charge in [-0.1, -0.05) is 19.3 Å². The van der Waals surface area contributed by atoms with Crippen molar-refractivity contribution in [3.05, 3.63) is 0 Å².